The Labute approximate surface area is 223 Å². The van der Waals surface area contributed by atoms with Crippen LogP contribution in [-0.4, -0.2) is 37.7 Å². The maximum atomic E-state index is 12.6. The highest BCUT2D eigenvalue weighted by Crippen LogP contribution is 2.32. The summed E-state index contributed by atoms with van der Waals surface area (Å²) in [6, 6.07) is 20.4. The highest BCUT2D eigenvalue weighted by Gasteiger charge is 2.18. The summed E-state index contributed by atoms with van der Waals surface area (Å²) in [5.74, 6) is 1.02. The molecule has 4 aromatic rings. The topological polar surface area (TPSA) is 105 Å². The molecule has 196 valence electrons. The van der Waals surface area contributed by atoms with E-state index in [0.29, 0.717) is 40.6 Å². The van der Waals surface area contributed by atoms with E-state index < -0.39 is 0 Å². The number of carbonyl (C=O) groups is 1. The molecule has 0 fully saturated rings. The maximum Gasteiger partial charge on any atom is 0.338 e. The molecule has 1 unspecified atom stereocenters. The number of para-hydroxylation sites is 2. The second-order valence-corrected chi connectivity index (χ2v) is 10.7. The number of benzene rings is 3. The standard InChI is InChI=1S/C31H33N3O4/c1-20(19-31(2,3)4)17-18-38-30(37)22-15-13-21(14-16-22)27-32-28(23-9-5-7-11-25(23)35)34-29(33-27)24-10-6-8-12-26(24)36/h5-16,20,35-36H,17-19H2,1-4H3. The number of hydrogen-bond donors (Lipinski definition) is 2. The number of ether oxygens (including phenoxy) is 1. The lowest BCUT2D eigenvalue weighted by molar-refractivity contribution is 0.0478. The van der Waals surface area contributed by atoms with E-state index in [0.717, 1.165) is 12.8 Å². The summed E-state index contributed by atoms with van der Waals surface area (Å²) in [6.45, 7) is 9.18. The van der Waals surface area contributed by atoms with E-state index in [2.05, 4.69) is 42.6 Å². The summed E-state index contributed by atoms with van der Waals surface area (Å²) in [6.07, 6.45) is 1.88. The minimum Gasteiger partial charge on any atom is -0.507 e. The lowest BCUT2D eigenvalue weighted by Crippen LogP contribution is -2.14. The number of phenolic OH excluding ortho intramolecular Hbond substituents is 2. The summed E-state index contributed by atoms with van der Waals surface area (Å²) < 4.78 is 5.50. The highest BCUT2D eigenvalue weighted by atomic mass is 16.5. The molecular formula is C31H33N3O4. The molecule has 0 radical (unpaired) electrons. The van der Waals surface area contributed by atoms with Crippen molar-refractivity contribution in [2.75, 3.05) is 6.61 Å². The number of rotatable bonds is 8. The fourth-order valence-corrected chi connectivity index (χ4v) is 4.41. The molecule has 7 heteroatoms. The zero-order valence-electron chi connectivity index (χ0n) is 22.2. The molecular weight excluding hydrogens is 478 g/mol. The zero-order valence-corrected chi connectivity index (χ0v) is 22.2. The summed E-state index contributed by atoms with van der Waals surface area (Å²) >= 11 is 0. The summed E-state index contributed by atoms with van der Waals surface area (Å²) in [4.78, 5) is 26.3. The van der Waals surface area contributed by atoms with E-state index in [1.54, 1.807) is 72.8 Å². The third-order valence-corrected chi connectivity index (χ3v) is 6.11. The van der Waals surface area contributed by atoms with Crippen molar-refractivity contribution in [3.63, 3.8) is 0 Å². The molecule has 38 heavy (non-hydrogen) atoms. The van der Waals surface area contributed by atoms with Crippen LogP contribution in [0.3, 0.4) is 0 Å². The first kappa shape index (κ1) is 26.8. The van der Waals surface area contributed by atoms with Crippen LogP contribution in [0.25, 0.3) is 34.2 Å². The van der Waals surface area contributed by atoms with Crippen molar-refractivity contribution < 1.29 is 19.7 Å². The molecule has 2 N–H and O–H groups in total. The smallest absolute Gasteiger partial charge is 0.338 e. The SMILES string of the molecule is CC(CCOC(=O)c1ccc(-c2nc(-c3ccccc3O)nc(-c3ccccc3O)n2)cc1)CC(C)(C)C. The molecule has 0 aliphatic carbocycles. The van der Waals surface area contributed by atoms with Crippen LogP contribution in [0.2, 0.25) is 0 Å². The van der Waals surface area contributed by atoms with Crippen molar-refractivity contribution in [3.8, 4) is 45.7 Å². The number of aromatic nitrogens is 3. The van der Waals surface area contributed by atoms with Gasteiger partial charge in [0.05, 0.1) is 23.3 Å². The Morgan fingerprint density at radius 3 is 1.79 bits per heavy atom. The van der Waals surface area contributed by atoms with E-state index >= 15 is 0 Å². The molecule has 1 atom stereocenters. The van der Waals surface area contributed by atoms with Crippen LogP contribution in [0.15, 0.2) is 72.8 Å². The van der Waals surface area contributed by atoms with E-state index in [1.807, 2.05) is 0 Å². The number of hydrogen-bond acceptors (Lipinski definition) is 7. The van der Waals surface area contributed by atoms with E-state index in [-0.39, 0.29) is 34.5 Å². The van der Waals surface area contributed by atoms with Gasteiger partial charge in [-0.2, -0.15) is 0 Å². The largest absolute Gasteiger partial charge is 0.507 e. The molecule has 0 amide bonds. The van der Waals surface area contributed by atoms with Crippen LogP contribution in [0.1, 0.15) is 50.9 Å². The quantitative estimate of drug-likeness (QED) is 0.248. The van der Waals surface area contributed by atoms with Gasteiger partial charge in [-0.05, 0) is 60.6 Å². The normalized spacial score (nSPS) is 12.2. The number of nitrogens with zero attached hydrogens (tertiary/aromatic N) is 3. The summed E-state index contributed by atoms with van der Waals surface area (Å²) in [7, 11) is 0. The van der Waals surface area contributed by atoms with Gasteiger partial charge < -0.3 is 14.9 Å². The Bertz CT molecular complexity index is 1350. The van der Waals surface area contributed by atoms with Gasteiger partial charge in [0.2, 0.25) is 0 Å². The van der Waals surface area contributed by atoms with Gasteiger partial charge >= 0.3 is 5.97 Å². The molecule has 0 aliphatic rings. The molecule has 0 saturated carbocycles. The lowest BCUT2D eigenvalue weighted by Gasteiger charge is -2.23. The predicted octanol–water partition coefficient (Wildman–Crippen LogP) is 6.90. The Balaban J connectivity index is 1.58. The predicted molar refractivity (Wildman–Crippen MR) is 148 cm³/mol. The minimum atomic E-state index is -0.375. The lowest BCUT2D eigenvalue weighted by atomic mass is 9.84. The second kappa shape index (κ2) is 11.4. The van der Waals surface area contributed by atoms with Gasteiger partial charge in [-0.1, -0.05) is 64.1 Å². The molecule has 1 heterocycles. The number of carbonyl (C=O) groups excluding carboxylic acids is 1. The van der Waals surface area contributed by atoms with Gasteiger partial charge in [0.1, 0.15) is 11.5 Å². The monoisotopic (exact) mass is 511 g/mol. The molecule has 7 nitrogen and oxygen atoms in total. The van der Waals surface area contributed by atoms with Gasteiger partial charge in [0, 0.05) is 5.56 Å². The molecule has 0 saturated heterocycles. The average molecular weight is 512 g/mol. The molecule has 1 aromatic heterocycles. The van der Waals surface area contributed by atoms with Gasteiger partial charge in [-0.15, -0.1) is 0 Å². The number of aromatic hydroxyl groups is 2. The van der Waals surface area contributed by atoms with Crippen LogP contribution < -0.4 is 0 Å². The van der Waals surface area contributed by atoms with Gasteiger partial charge in [-0.3, -0.25) is 0 Å². The zero-order chi connectivity index (χ0) is 27.3. The Kier molecular flexibility index (Phi) is 8.05. The number of esters is 1. The van der Waals surface area contributed by atoms with Crippen molar-refractivity contribution in [3.05, 3.63) is 78.4 Å². The fourth-order valence-electron chi connectivity index (χ4n) is 4.41. The Morgan fingerprint density at radius 2 is 1.29 bits per heavy atom. The average Bonchev–Trinajstić information content (AvgIpc) is 2.88. The first-order chi connectivity index (χ1) is 18.1. The van der Waals surface area contributed by atoms with Crippen molar-refractivity contribution in [1.29, 1.82) is 0 Å². The van der Waals surface area contributed by atoms with Gasteiger partial charge in [0.25, 0.3) is 0 Å². The molecule has 0 aliphatic heterocycles. The van der Waals surface area contributed by atoms with Gasteiger partial charge in [-0.25, -0.2) is 19.7 Å². The van der Waals surface area contributed by atoms with E-state index in [4.69, 9.17) is 4.74 Å². The third kappa shape index (κ3) is 6.73. The summed E-state index contributed by atoms with van der Waals surface area (Å²) in [5.41, 5.74) is 2.21. The maximum absolute atomic E-state index is 12.6. The molecule has 3 aromatic carbocycles. The molecule has 0 bridgehead atoms. The van der Waals surface area contributed by atoms with E-state index in [9.17, 15) is 15.0 Å². The van der Waals surface area contributed by atoms with Crippen LogP contribution >= 0.6 is 0 Å². The third-order valence-electron chi connectivity index (χ3n) is 6.11. The number of phenols is 2. The van der Waals surface area contributed by atoms with E-state index in [1.165, 1.54) is 0 Å². The first-order valence-electron chi connectivity index (χ1n) is 12.7. The fraction of sp³-hybridized carbons (Fsp3) is 0.290. The van der Waals surface area contributed by atoms with Crippen molar-refractivity contribution in [1.82, 2.24) is 15.0 Å². The minimum absolute atomic E-state index is 0.0304. The van der Waals surface area contributed by atoms with Crippen molar-refractivity contribution in [2.24, 2.45) is 11.3 Å². The van der Waals surface area contributed by atoms with Gasteiger partial charge in [0.15, 0.2) is 17.5 Å². The van der Waals surface area contributed by atoms with Crippen LogP contribution in [0.5, 0.6) is 11.5 Å². The first-order valence-corrected chi connectivity index (χ1v) is 12.7. The second-order valence-electron chi connectivity index (χ2n) is 10.7. The van der Waals surface area contributed by atoms with Crippen LogP contribution in [-0.2, 0) is 4.74 Å². The molecule has 4 rings (SSSR count). The highest BCUT2D eigenvalue weighted by molar-refractivity contribution is 5.90. The summed E-state index contributed by atoms with van der Waals surface area (Å²) in [5, 5.41) is 20.8. The molecule has 0 spiro atoms. The van der Waals surface area contributed by atoms with Crippen molar-refractivity contribution in [2.45, 2.75) is 40.5 Å². The van der Waals surface area contributed by atoms with Crippen molar-refractivity contribution >= 4 is 5.97 Å². The Morgan fingerprint density at radius 1 is 0.789 bits per heavy atom. The van der Waals surface area contributed by atoms with Crippen LogP contribution in [0, 0.1) is 11.3 Å². The Hall–Kier alpha value is -4.26. The van der Waals surface area contributed by atoms with Crippen LogP contribution in [0.4, 0.5) is 0 Å².